The van der Waals surface area contributed by atoms with Crippen LogP contribution >= 0.6 is 0 Å². The second kappa shape index (κ2) is 10.1. The minimum absolute atomic E-state index is 0.199. The van der Waals surface area contributed by atoms with Crippen molar-refractivity contribution in [2.24, 2.45) is 0 Å². The molecule has 1 N–H and O–H groups in total. The lowest BCUT2D eigenvalue weighted by molar-refractivity contribution is -0.114. The Kier molecular flexibility index (Phi) is 7.56. The fourth-order valence-corrected chi connectivity index (χ4v) is 2.42. The summed E-state index contributed by atoms with van der Waals surface area (Å²) in [5.41, 5.74) is 1.23. The summed E-state index contributed by atoms with van der Waals surface area (Å²) >= 11 is 0. The molecule has 0 saturated carbocycles. The molecule has 0 spiro atoms. The van der Waals surface area contributed by atoms with E-state index in [2.05, 4.69) is 5.32 Å². The number of nitrogens with one attached hydrogen (secondary N) is 1. The van der Waals surface area contributed by atoms with Crippen molar-refractivity contribution in [1.29, 1.82) is 0 Å². The van der Waals surface area contributed by atoms with Gasteiger partial charge < -0.3 is 19.5 Å². The van der Waals surface area contributed by atoms with Crippen molar-refractivity contribution in [3.8, 4) is 11.5 Å². The van der Waals surface area contributed by atoms with Gasteiger partial charge in [0.2, 0.25) is 5.91 Å². The molecule has 0 fully saturated rings. The number of carbonyl (C=O) groups excluding carboxylic acids is 3. The van der Waals surface area contributed by atoms with Crippen LogP contribution in [0.1, 0.15) is 41.5 Å². The van der Waals surface area contributed by atoms with E-state index >= 15 is 0 Å². The van der Waals surface area contributed by atoms with Crippen molar-refractivity contribution < 1.29 is 28.6 Å². The van der Waals surface area contributed by atoms with Crippen LogP contribution in [0.2, 0.25) is 0 Å². The molecule has 1 amide bonds. The number of esters is 1. The van der Waals surface area contributed by atoms with Crippen LogP contribution in [0.15, 0.2) is 42.5 Å². The van der Waals surface area contributed by atoms with E-state index in [0.717, 1.165) is 0 Å². The number of carbonyl (C=O) groups is 3. The molecule has 2 aromatic rings. The zero-order valence-electron chi connectivity index (χ0n) is 16.1. The number of amides is 1. The zero-order valence-corrected chi connectivity index (χ0v) is 16.1. The van der Waals surface area contributed by atoms with Gasteiger partial charge in [0.05, 0.1) is 18.8 Å². The highest BCUT2D eigenvalue weighted by Gasteiger charge is 2.15. The molecule has 0 aromatic heterocycles. The summed E-state index contributed by atoms with van der Waals surface area (Å²) in [5, 5.41) is 2.61. The van der Waals surface area contributed by atoms with Gasteiger partial charge in [0.15, 0.2) is 23.9 Å². The largest absolute Gasteiger partial charge is 0.490 e. The van der Waals surface area contributed by atoms with E-state index in [-0.39, 0.29) is 17.3 Å². The van der Waals surface area contributed by atoms with Crippen molar-refractivity contribution in [3.63, 3.8) is 0 Å². The molecule has 0 atom stereocenters. The van der Waals surface area contributed by atoms with Crippen LogP contribution < -0.4 is 14.8 Å². The van der Waals surface area contributed by atoms with Crippen LogP contribution in [0, 0.1) is 0 Å². The van der Waals surface area contributed by atoms with Crippen LogP contribution in [0.4, 0.5) is 5.69 Å². The van der Waals surface area contributed by atoms with Gasteiger partial charge in [-0.05, 0) is 56.3 Å². The van der Waals surface area contributed by atoms with E-state index in [1.54, 1.807) is 36.4 Å². The van der Waals surface area contributed by atoms with E-state index in [1.165, 1.54) is 13.0 Å². The van der Waals surface area contributed by atoms with E-state index in [1.807, 2.05) is 13.8 Å². The maximum atomic E-state index is 12.3. The van der Waals surface area contributed by atoms with Crippen LogP contribution in [-0.2, 0) is 9.53 Å². The average Bonchev–Trinajstić information content (AvgIpc) is 2.67. The third-order valence-corrected chi connectivity index (χ3v) is 3.64. The molecular formula is C21H23NO6. The molecule has 0 radical (unpaired) electrons. The van der Waals surface area contributed by atoms with Crippen LogP contribution in [0.3, 0.4) is 0 Å². The molecule has 28 heavy (non-hydrogen) atoms. The normalized spacial score (nSPS) is 10.1. The van der Waals surface area contributed by atoms with Crippen molar-refractivity contribution in [2.75, 3.05) is 25.1 Å². The van der Waals surface area contributed by atoms with Crippen molar-refractivity contribution in [3.05, 3.63) is 53.6 Å². The first kappa shape index (κ1) is 21.0. The number of benzene rings is 2. The molecule has 0 unspecified atom stereocenters. The molecule has 7 heteroatoms. The Labute approximate surface area is 163 Å². The second-order valence-corrected chi connectivity index (χ2v) is 5.79. The fraction of sp³-hybridized carbons (Fsp3) is 0.286. The standard InChI is InChI=1S/C21H23NO6/c1-4-26-19-11-8-16(12-20(19)27-5-2)21(25)28-13-18(24)15-6-9-17(10-7-15)22-14(3)23/h6-12H,4-5,13H2,1-3H3,(H,22,23). The Balaban J connectivity index is 2.00. The van der Waals surface area contributed by atoms with Gasteiger partial charge >= 0.3 is 5.97 Å². The fourth-order valence-electron chi connectivity index (χ4n) is 2.42. The molecule has 2 rings (SSSR count). The van der Waals surface area contributed by atoms with Gasteiger partial charge in [-0.1, -0.05) is 0 Å². The van der Waals surface area contributed by atoms with Crippen molar-refractivity contribution >= 4 is 23.3 Å². The Bertz CT molecular complexity index is 844. The van der Waals surface area contributed by atoms with Crippen LogP contribution in [-0.4, -0.2) is 37.5 Å². The molecule has 0 heterocycles. The first-order chi connectivity index (χ1) is 13.4. The Morgan fingerprint density at radius 3 is 2.07 bits per heavy atom. The highest BCUT2D eigenvalue weighted by molar-refractivity contribution is 6.00. The lowest BCUT2D eigenvalue weighted by atomic mass is 10.1. The van der Waals surface area contributed by atoms with Gasteiger partial charge in [-0.25, -0.2) is 4.79 Å². The molecule has 0 saturated heterocycles. The molecular weight excluding hydrogens is 362 g/mol. The van der Waals surface area contributed by atoms with Gasteiger partial charge in [0.25, 0.3) is 0 Å². The van der Waals surface area contributed by atoms with Gasteiger partial charge in [0.1, 0.15) is 0 Å². The molecule has 0 bridgehead atoms. The number of hydrogen-bond donors (Lipinski definition) is 1. The minimum Gasteiger partial charge on any atom is -0.490 e. The summed E-state index contributed by atoms with van der Waals surface area (Å²) < 4.78 is 16.1. The maximum Gasteiger partial charge on any atom is 0.338 e. The van der Waals surface area contributed by atoms with Crippen LogP contribution in [0.5, 0.6) is 11.5 Å². The number of anilines is 1. The summed E-state index contributed by atoms with van der Waals surface area (Å²) in [6, 6.07) is 11.1. The second-order valence-electron chi connectivity index (χ2n) is 5.79. The van der Waals surface area contributed by atoms with Crippen LogP contribution in [0.25, 0.3) is 0 Å². The number of rotatable bonds is 9. The summed E-state index contributed by atoms with van der Waals surface area (Å²) in [6.45, 7) is 5.58. The quantitative estimate of drug-likeness (QED) is 0.525. The summed E-state index contributed by atoms with van der Waals surface area (Å²) in [4.78, 5) is 35.5. The Morgan fingerprint density at radius 2 is 1.46 bits per heavy atom. The number of hydrogen-bond acceptors (Lipinski definition) is 6. The number of ketones is 1. The lowest BCUT2D eigenvalue weighted by Crippen LogP contribution is -2.14. The Morgan fingerprint density at radius 1 is 0.857 bits per heavy atom. The molecule has 0 aliphatic rings. The average molecular weight is 385 g/mol. The summed E-state index contributed by atoms with van der Waals surface area (Å²) in [7, 11) is 0. The maximum absolute atomic E-state index is 12.3. The molecule has 148 valence electrons. The molecule has 2 aromatic carbocycles. The smallest absolute Gasteiger partial charge is 0.338 e. The number of Topliss-reactive ketones (excluding diaryl/α,β-unsaturated/α-hetero) is 1. The van der Waals surface area contributed by atoms with Gasteiger partial charge in [0, 0.05) is 18.2 Å². The lowest BCUT2D eigenvalue weighted by Gasteiger charge is -2.12. The van der Waals surface area contributed by atoms with E-state index < -0.39 is 12.6 Å². The third-order valence-electron chi connectivity index (χ3n) is 3.64. The first-order valence-corrected chi connectivity index (χ1v) is 8.92. The highest BCUT2D eigenvalue weighted by Crippen LogP contribution is 2.28. The predicted octanol–water partition coefficient (Wildman–Crippen LogP) is 3.48. The number of ether oxygens (including phenoxy) is 3. The first-order valence-electron chi connectivity index (χ1n) is 8.92. The third kappa shape index (κ3) is 5.84. The highest BCUT2D eigenvalue weighted by atomic mass is 16.5. The molecule has 7 nitrogen and oxygen atoms in total. The molecule has 0 aliphatic carbocycles. The van der Waals surface area contributed by atoms with Gasteiger partial charge in [-0.2, -0.15) is 0 Å². The van der Waals surface area contributed by atoms with Crippen molar-refractivity contribution in [1.82, 2.24) is 0 Å². The van der Waals surface area contributed by atoms with Gasteiger partial charge in [-0.3, -0.25) is 9.59 Å². The predicted molar refractivity (Wildman–Crippen MR) is 104 cm³/mol. The zero-order chi connectivity index (χ0) is 20.5. The van der Waals surface area contributed by atoms with Crippen molar-refractivity contribution in [2.45, 2.75) is 20.8 Å². The summed E-state index contributed by atoms with van der Waals surface area (Å²) in [5.74, 6) is -0.199. The van der Waals surface area contributed by atoms with E-state index in [0.29, 0.717) is 36.0 Å². The topological polar surface area (TPSA) is 90.9 Å². The molecule has 0 aliphatic heterocycles. The van der Waals surface area contributed by atoms with E-state index in [4.69, 9.17) is 14.2 Å². The Hall–Kier alpha value is -3.35. The SMILES string of the molecule is CCOc1ccc(C(=O)OCC(=O)c2ccc(NC(C)=O)cc2)cc1OCC. The van der Waals surface area contributed by atoms with Gasteiger partial charge in [-0.15, -0.1) is 0 Å². The van der Waals surface area contributed by atoms with E-state index in [9.17, 15) is 14.4 Å². The monoisotopic (exact) mass is 385 g/mol. The minimum atomic E-state index is -0.632. The summed E-state index contributed by atoms with van der Waals surface area (Å²) in [6.07, 6.45) is 0.